The van der Waals surface area contributed by atoms with Crippen LogP contribution in [0.3, 0.4) is 0 Å². The number of carboxylic acids is 1. The van der Waals surface area contributed by atoms with E-state index >= 15 is 0 Å². The van der Waals surface area contributed by atoms with Crippen molar-refractivity contribution in [2.75, 3.05) is 26.4 Å². The van der Waals surface area contributed by atoms with E-state index in [9.17, 15) is 19.0 Å². The number of carbonyl (C=O) groups excluding carboxylic acids is 1. The first-order chi connectivity index (χ1) is 29.2. The highest BCUT2D eigenvalue weighted by Crippen LogP contribution is 2.43. The lowest BCUT2D eigenvalue weighted by molar-refractivity contribution is -0.154. The summed E-state index contributed by atoms with van der Waals surface area (Å²) in [5.41, 5.74) is 5.37. The van der Waals surface area contributed by atoms with E-state index in [1.807, 2.05) is 0 Å². The number of phosphoric ester groups is 1. The SMILES string of the molecule is CCCCCCCCCCCCCCCCCCCCCCOC[C@H](COP(=O)(O)OC[C@H](N)C(=O)O)OC(=O)CCCCCCCCCCCCCCCCCCCC. The van der Waals surface area contributed by atoms with Gasteiger partial charge in [-0.25, -0.2) is 4.57 Å². The maximum Gasteiger partial charge on any atom is 0.472 e. The van der Waals surface area contributed by atoms with Gasteiger partial charge < -0.3 is 25.2 Å². The molecule has 0 rings (SSSR count). The van der Waals surface area contributed by atoms with Crippen molar-refractivity contribution >= 4 is 19.8 Å². The molecule has 0 aromatic rings. The summed E-state index contributed by atoms with van der Waals surface area (Å²) in [6, 6.07) is -1.47. The Balaban J connectivity index is 4.08. The maximum absolute atomic E-state index is 12.7. The predicted molar refractivity (Wildman–Crippen MR) is 249 cm³/mol. The van der Waals surface area contributed by atoms with E-state index in [0.717, 1.165) is 38.5 Å². The standard InChI is InChI=1S/C49H98NO9P/c1-3-5-7-9-11-13-15-17-19-21-23-24-26-28-30-32-34-36-38-40-42-56-43-46(44-57-60(54,55)58-45-47(50)49(52)53)59-48(51)41-39-37-35-33-31-29-27-25-22-20-18-16-14-12-10-8-6-4-2/h46-47H,3-45,50H2,1-2H3,(H,52,53)(H,54,55)/t46-,47+/m1/s1. The number of rotatable bonds is 50. The molecule has 3 atom stereocenters. The first kappa shape index (κ1) is 59.0. The zero-order valence-corrected chi connectivity index (χ0v) is 40.2. The molecule has 0 saturated carbocycles. The third-order valence-corrected chi connectivity index (χ3v) is 12.6. The number of carbonyl (C=O) groups is 2. The van der Waals surface area contributed by atoms with E-state index in [2.05, 4.69) is 13.8 Å². The van der Waals surface area contributed by atoms with Crippen molar-refractivity contribution in [3.05, 3.63) is 0 Å². The second-order valence-corrected chi connectivity index (χ2v) is 19.1. The molecule has 4 N–H and O–H groups in total. The van der Waals surface area contributed by atoms with Crippen LogP contribution in [0.5, 0.6) is 0 Å². The molecule has 0 amide bonds. The van der Waals surface area contributed by atoms with Gasteiger partial charge in [0.2, 0.25) is 0 Å². The van der Waals surface area contributed by atoms with Crippen molar-refractivity contribution in [2.24, 2.45) is 5.73 Å². The van der Waals surface area contributed by atoms with Crippen LogP contribution < -0.4 is 5.73 Å². The number of carboxylic acid groups (broad SMARTS) is 1. The van der Waals surface area contributed by atoms with Gasteiger partial charge in [0.05, 0.1) is 19.8 Å². The van der Waals surface area contributed by atoms with E-state index in [4.69, 9.17) is 29.4 Å². The summed E-state index contributed by atoms with van der Waals surface area (Å²) in [5.74, 6) is -1.76. The number of nitrogens with two attached hydrogens (primary N) is 1. The summed E-state index contributed by atoms with van der Waals surface area (Å²) in [5, 5.41) is 8.92. The number of hydrogen-bond donors (Lipinski definition) is 3. The van der Waals surface area contributed by atoms with Gasteiger partial charge in [-0.3, -0.25) is 18.6 Å². The average molecular weight is 876 g/mol. The Kier molecular flexibility index (Phi) is 45.2. The van der Waals surface area contributed by atoms with Crippen LogP contribution in [0.1, 0.15) is 264 Å². The molecule has 11 heteroatoms. The molecule has 0 aromatic carbocycles. The molecule has 10 nitrogen and oxygen atoms in total. The molecule has 0 heterocycles. The zero-order valence-electron chi connectivity index (χ0n) is 39.3. The van der Waals surface area contributed by atoms with Gasteiger partial charge in [-0.05, 0) is 12.8 Å². The van der Waals surface area contributed by atoms with E-state index in [1.54, 1.807) is 0 Å². The molecular formula is C49H98NO9P. The summed E-state index contributed by atoms with van der Waals surface area (Å²) in [6.07, 6.45) is 48.7. The third-order valence-electron chi connectivity index (χ3n) is 11.6. The first-order valence-corrected chi connectivity index (χ1v) is 27.1. The van der Waals surface area contributed by atoms with Crippen LogP contribution >= 0.6 is 7.82 Å². The highest BCUT2D eigenvalue weighted by atomic mass is 31.2. The van der Waals surface area contributed by atoms with Gasteiger partial charge in [0, 0.05) is 13.0 Å². The lowest BCUT2D eigenvalue weighted by Crippen LogP contribution is -2.34. The fourth-order valence-electron chi connectivity index (χ4n) is 7.67. The Morgan fingerprint density at radius 1 is 0.467 bits per heavy atom. The van der Waals surface area contributed by atoms with Gasteiger partial charge in [0.1, 0.15) is 12.1 Å². The second kappa shape index (κ2) is 46.0. The summed E-state index contributed by atoms with van der Waals surface area (Å²) in [7, 11) is -4.61. The average Bonchev–Trinajstić information content (AvgIpc) is 3.23. The van der Waals surface area contributed by atoms with E-state index in [1.165, 1.54) is 205 Å². The Morgan fingerprint density at radius 3 is 1.10 bits per heavy atom. The summed E-state index contributed by atoms with van der Waals surface area (Å²) in [4.78, 5) is 33.7. The number of aliphatic carboxylic acids is 1. The summed E-state index contributed by atoms with van der Waals surface area (Å²) in [6.45, 7) is 3.96. The smallest absolute Gasteiger partial charge is 0.472 e. The molecule has 60 heavy (non-hydrogen) atoms. The minimum absolute atomic E-state index is 0.0264. The van der Waals surface area contributed by atoms with Gasteiger partial charge in [-0.15, -0.1) is 0 Å². The van der Waals surface area contributed by atoms with Crippen LogP contribution in [0, 0.1) is 0 Å². The molecule has 0 aromatic heterocycles. The quantitative estimate of drug-likeness (QED) is 0.0306. The summed E-state index contributed by atoms with van der Waals surface area (Å²) >= 11 is 0. The number of esters is 1. The van der Waals surface area contributed by atoms with Crippen molar-refractivity contribution in [2.45, 2.75) is 276 Å². The Hall–Kier alpha value is -1.03. The normalized spacial score (nSPS) is 13.7. The van der Waals surface area contributed by atoms with Crippen LogP contribution in [0.2, 0.25) is 0 Å². The van der Waals surface area contributed by atoms with Crippen LogP contribution in [0.15, 0.2) is 0 Å². The third kappa shape index (κ3) is 45.0. The Morgan fingerprint density at radius 2 is 0.767 bits per heavy atom. The van der Waals surface area contributed by atoms with Crippen LogP contribution in [0.25, 0.3) is 0 Å². The Labute approximate surface area is 370 Å². The lowest BCUT2D eigenvalue weighted by atomic mass is 10.0. The molecule has 0 aliphatic carbocycles. The van der Waals surface area contributed by atoms with Gasteiger partial charge in [0.15, 0.2) is 0 Å². The predicted octanol–water partition coefficient (Wildman–Crippen LogP) is 14.7. The van der Waals surface area contributed by atoms with Crippen molar-refractivity contribution in [3.8, 4) is 0 Å². The second-order valence-electron chi connectivity index (χ2n) is 17.7. The minimum atomic E-state index is -4.61. The largest absolute Gasteiger partial charge is 0.480 e. The fourth-order valence-corrected chi connectivity index (χ4v) is 8.44. The van der Waals surface area contributed by atoms with Crippen molar-refractivity contribution in [1.29, 1.82) is 0 Å². The van der Waals surface area contributed by atoms with Crippen molar-refractivity contribution < 1.29 is 42.7 Å². The highest BCUT2D eigenvalue weighted by Gasteiger charge is 2.27. The number of hydrogen-bond acceptors (Lipinski definition) is 8. The van der Waals surface area contributed by atoms with Crippen LogP contribution in [-0.2, 0) is 32.7 Å². The Bertz CT molecular complexity index is 971. The zero-order chi connectivity index (χ0) is 44.0. The van der Waals surface area contributed by atoms with E-state index in [-0.39, 0.29) is 13.0 Å². The molecule has 0 bridgehead atoms. The molecule has 0 fully saturated rings. The number of unbranched alkanes of at least 4 members (excludes halogenated alkanes) is 36. The fraction of sp³-hybridized carbons (Fsp3) is 0.959. The van der Waals surface area contributed by atoms with Gasteiger partial charge >= 0.3 is 19.8 Å². The molecule has 358 valence electrons. The highest BCUT2D eigenvalue weighted by molar-refractivity contribution is 7.47. The van der Waals surface area contributed by atoms with Gasteiger partial charge in [-0.2, -0.15) is 0 Å². The molecule has 0 spiro atoms. The maximum atomic E-state index is 12.7. The topological polar surface area (TPSA) is 155 Å². The molecule has 0 aliphatic heterocycles. The number of phosphoric acid groups is 1. The molecule has 0 aliphatic rings. The van der Waals surface area contributed by atoms with E-state index < -0.39 is 45.1 Å². The summed E-state index contributed by atoms with van der Waals surface area (Å²) < 4.78 is 33.5. The number of ether oxygens (including phenoxy) is 2. The van der Waals surface area contributed by atoms with Gasteiger partial charge in [-0.1, -0.05) is 245 Å². The van der Waals surface area contributed by atoms with Crippen LogP contribution in [0.4, 0.5) is 0 Å². The minimum Gasteiger partial charge on any atom is -0.480 e. The lowest BCUT2D eigenvalue weighted by Gasteiger charge is -2.20. The first-order valence-electron chi connectivity index (χ1n) is 25.6. The van der Waals surface area contributed by atoms with Gasteiger partial charge in [0.25, 0.3) is 0 Å². The van der Waals surface area contributed by atoms with E-state index in [0.29, 0.717) is 6.61 Å². The van der Waals surface area contributed by atoms with Crippen molar-refractivity contribution in [3.63, 3.8) is 0 Å². The molecule has 0 saturated heterocycles. The van der Waals surface area contributed by atoms with Crippen molar-refractivity contribution in [1.82, 2.24) is 0 Å². The monoisotopic (exact) mass is 876 g/mol. The molecular weight excluding hydrogens is 778 g/mol. The van der Waals surface area contributed by atoms with Crippen LogP contribution in [-0.4, -0.2) is 60.5 Å². The molecule has 0 radical (unpaired) electrons. The molecule has 1 unspecified atom stereocenters.